The van der Waals surface area contributed by atoms with Gasteiger partial charge in [-0.3, -0.25) is 4.98 Å². The molecule has 0 bridgehead atoms. The van der Waals surface area contributed by atoms with Gasteiger partial charge in [0.05, 0.1) is 11.7 Å². The number of hydrogen-bond acceptors (Lipinski definition) is 2. The number of halogens is 2. The normalized spacial score (nSPS) is 12.4. The Morgan fingerprint density at radius 2 is 2.17 bits per heavy atom. The van der Waals surface area contributed by atoms with Crippen LogP contribution in [-0.4, -0.2) is 12.0 Å². The van der Waals surface area contributed by atoms with Crippen molar-refractivity contribution in [1.82, 2.24) is 10.3 Å². The first-order chi connectivity index (χ1) is 8.69. The molecule has 0 saturated heterocycles. The maximum Gasteiger partial charge on any atom is 0.124 e. The lowest BCUT2D eigenvalue weighted by atomic mass is 10.0. The first-order valence-electron chi connectivity index (χ1n) is 5.72. The summed E-state index contributed by atoms with van der Waals surface area (Å²) in [5.74, 6) is -0.227. The minimum Gasteiger partial charge on any atom is -0.311 e. The minimum atomic E-state index is -0.227. The molecule has 1 unspecified atom stereocenters. The van der Waals surface area contributed by atoms with Gasteiger partial charge in [-0.25, -0.2) is 4.39 Å². The Kier molecular flexibility index (Phi) is 4.44. The summed E-state index contributed by atoms with van der Waals surface area (Å²) < 4.78 is 14.1. The molecule has 4 heteroatoms. The highest BCUT2D eigenvalue weighted by molar-refractivity contribution is 9.10. The van der Waals surface area contributed by atoms with E-state index in [1.165, 1.54) is 6.07 Å². The van der Waals surface area contributed by atoms with Crippen molar-refractivity contribution >= 4 is 15.9 Å². The fourth-order valence-electron chi connectivity index (χ4n) is 1.90. The molecule has 1 heterocycles. The van der Waals surface area contributed by atoms with E-state index >= 15 is 0 Å². The smallest absolute Gasteiger partial charge is 0.124 e. The van der Waals surface area contributed by atoms with E-state index < -0.39 is 0 Å². The van der Waals surface area contributed by atoms with Crippen molar-refractivity contribution in [3.8, 4) is 0 Å². The van der Waals surface area contributed by atoms with E-state index in [1.54, 1.807) is 12.3 Å². The van der Waals surface area contributed by atoms with Crippen molar-refractivity contribution < 1.29 is 4.39 Å². The first-order valence-corrected chi connectivity index (χ1v) is 6.51. The van der Waals surface area contributed by atoms with Crippen LogP contribution in [0.2, 0.25) is 0 Å². The summed E-state index contributed by atoms with van der Waals surface area (Å²) in [6, 6.07) is 10.8. The lowest BCUT2D eigenvalue weighted by Gasteiger charge is -2.15. The largest absolute Gasteiger partial charge is 0.311 e. The van der Waals surface area contributed by atoms with Crippen LogP contribution in [0.25, 0.3) is 0 Å². The molecule has 1 aromatic heterocycles. The number of aromatic nitrogens is 1. The second-order valence-corrected chi connectivity index (χ2v) is 4.99. The van der Waals surface area contributed by atoms with Crippen molar-refractivity contribution in [3.63, 3.8) is 0 Å². The lowest BCUT2D eigenvalue weighted by Crippen LogP contribution is -2.19. The molecule has 2 aromatic rings. The number of likely N-dealkylation sites (N-methyl/N-ethyl adjacent to an activating group) is 1. The molecule has 2 nitrogen and oxygen atoms in total. The minimum absolute atomic E-state index is 0.0832. The molecule has 0 saturated carbocycles. The highest BCUT2D eigenvalue weighted by Gasteiger charge is 2.11. The Morgan fingerprint density at radius 3 is 2.78 bits per heavy atom. The van der Waals surface area contributed by atoms with Gasteiger partial charge in [-0.2, -0.15) is 0 Å². The van der Waals surface area contributed by atoms with Gasteiger partial charge in [0.15, 0.2) is 0 Å². The number of nitrogens with one attached hydrogen (secondary N) is 1. The van der Waals surface area contributed by atoms with Crippen LogP contribution in [0.5, 0.6) is 0 Å². The molecule has 0 spiro atoms. The summed E-state index contributed by atoms with van der Waals surface area (Å²) in [5, 5.41) is 3.21. The molecule has 0 amide bonds. The molecular formula is C14H14BrFN2. The highest BCUT2D eigenvalue weighted by Crippen LogP contribution is 2.20. The van der Waals surface area contributed by atoms with Crippen molar-refractivity contribution in [1.29, 1.82) is 0 Å². The maximum absolute atomic E-state index is 13.3. The molecule has 0 aliphatic rings. The van der Waals surface area contributed by atoms with Crippen LogP contribution in [0.4, 0.5) is 4.39 Å². The van der Waals surface area contributed by atoms with Gasteiger partial charge in [0, 0.05) is 10.7 Å². The molecule has 18 heavy (non-hydrogen) atoms. The molecule has 0 aliphatic heterocycles. The van der Waals surface area contributed by atoms with Gasteiger partial charge in [-0.15, -0.1) is 0 Å². The average molecular weight is 309 g/mol. The zero-order valence-electron chi connectivity index (χ0n) is 10.0. The number of rotatable bonds is 4. The summed E-state index contributed by atoms with van der Waals surface area (Å²) in [5.41, 5.74) is 1.90. The van der Waals surface area contributed by atoms with Gasteiger partial charge < -0.3 is 5.32 Å². The summed E-state index contributed by atoms with van der Waals surface area (Å²) in [7, 11) is 1.88. The third-order valence-corrected chi connectivity index (χ3v) is 3.21. The van der Waals surface area contributed by atoms with Crippen LogP contribution < -0.4 is 5.32 Å². The number of hydrogen-bond donors (Lipinski definition) is 1. The van der Waals surface area contributed by atoms with Crippen LogP contribution in [-0.2, 0) is 6.42 Å². The summed E-state index contributed by atoms with van der Waals surface area (Å²) in [4.78, 5) is 4.32. The van der Waals surface area contributed by atoms with Crippen LogP contribution in [0, 0.1) is 5.82 Å². The molecule has 1 atom stereocenters. The van der Waals surface area contributed by atoms with E-state index in [4.69, 9.17) is 0 Å². The van der Waals surface area contributed by atoms with Crippen molar-refractivity contribution in [2.24, 2.45) is 0 Å². The van der Waals surface area contributed by atoms with Crippen LogP contribution in [0.3, 0.4) is 0 Å². The number of benzene rings is 1. The van der Waals surface area contributed by atoms with Crippen molar-refractivity contribution in [2.75, 3.05) is 7.05 Å². The van der Waals surface area contributed by atoms with Crippen LogP contribution in [0.15, 0.2) is 47.1 Å². The summed E-state index contributed by atoms with van der Waals surface area (Å²) in [6.45, 7) is 0. The standard InChI is InChI=1S/C14H14BrFN2/c1-17-14(13-4-2-3-5-18-13)8-10-6-11(15)9-12(16)7-10/h2-7,9,14,17H,8H2,1H3. The molecule has 0 fully saturated rings. The molecule has 0 radical (unpaired) electrons. The highest BCUT2D eigenvalue weighted by atomic mass is 79.9. The summed E-state index contributed by atoms with van der Waals surface area (Å²) >= 11 is 3.31. The molecule has 2 rings (SSSR count). The SMILES string of the molecule is CNC(Cc1cc(F)cc(Br)c1)c1ccccn1. The predicted octanol–water partition coefficient (Wildman–Crippen LogP) is 3.49. The van der Waals surface area contributed by atoms with E-state index in [0.29, 0.717) is 6.42 Å². The molecule has 94 valence electrons. The van der Waals surface area contributed by atoms with Crippen LogP contribution in [0.1, 0.15) is 17.3 Å². The van der Waals surface area contributed by atoms with Gasteiger partial charge >= 0.3 is 0 Å². The Hall–Kier alpha value is -1.26. The van der Waals surface area contributed by atoms with Gasteiger partial charge in [0.1, 0.15) is 5.82 Å². The molecule has 1 aromatic carbocycles. The van der Waals surface area contributed by atoms with E-state index in [-0.39, 0.29) is 11.9 Å². The quantitative estimate of drug-likeness (QED) is 0.935. The molecule has 1 N–H and O–H groups in total. The summed E-state index contributed by atoms with van der Waals surface area (Å²) in [6.07, 6.45) is 2.46. The molecule has 0 aliphatic carbocycles. The van der Waals surface area contributed by atoms with Gasteiger partial charge in [0.25, 0.3) is 0 Å². The van der Waals surface area contributed by atoms with E-state index in [2.05, 4.69) is 26.2 Å². The Morgan fingerprint density at radius 1 is 1.33 bits per heavy atom. The third-order valence-electron chi connectivity index (χ3n) is 2.76. The van der Waals surface area contributed by atoms with Crippen LogP contribution >= 0.6 is 15.9 Å². The van der Waals surface area contributed by atoms with Gasteiger partial charge in [-0.1, -0.05) is 22.0 Å². The number of pyridine rings is 1. The zero-order chi connectivity index (χ0) is 13.0. The average Bonchev–Trinajstić information content (AvgIpc) is 2.36. The molecular weight excluding hydrogens is 295 g/mol. The van der Waals surface area contributed by atoms with Crippen molar-refractivity contribution in [3.05, 3.63) is 64.1 Å². The topological polar surface area (TPSA) is 24.9 Å². The maximum atomic E-state index is 13.3. The monoisotopic (exact) mass is 308 g/mol. The zero-order valence-corrected chi connectivity index (χ0v) is 11.6. The third kappa shape index (κ3) is 3.37. The van der Waals surface area contributed by atoms with E-state index in [9.17, 15) is 4.39 Å². The van der Waals surface area contributed by atoms with Gasteiger partial charge in [-0.05, 0) is 49.4 Å². The van der Waals surface area contributed by atoms with E-state index in [1.807, 2.05) is 31.3 Å². The van der Waals surface area contributed by atoms with Gasteiger partial charge in [0.2, 0.25) is 0 Å². The number of nitrogens with zero attached hydrogens (tertiary/aromatic N) is 1. The van der Waals surface area contributed by atoms with E-state index in [0.717, 1.165) is 15.7 Å². The Balaban J connectivity index is 2.20. The van der Waals surface area contributed by atoms with Crippen molar-refractivity contribution in [2.45, 2.75) is 12.5 Å². The first kappa shape index (κ1) is 13.2. The second-order valence-electron chi connectivity index (χ2n) is 4.08. The fourth-order valence-corrected chi connectivity index (χ4v) is 2.41. The Bertz CT molecular complexity index is 496. The lowest BCUT2D eigenvalue weighted by molar-refractivity contribution is 0.570. The fraction of sp³-hybridized carbons (Fsp3) is 0.214. The Labute approximate surface area is 114 Å². The second kappa shape index (κ2) is 6.07. The predicted molar refractivity (Wildman–Crippen MR) is 73.8 cm³/mol.